The Bertz CT molecular complexity index is 532. The van der Waals surface area contributed by atoms with Gasteiger partial charge in [-0.2, -0.15) is 0 Å². The Morgan fingerprint density at radius 2 is 2.14 bits per heavy atom. The van der Waals surface area contributed by atoms with E-state index in [1.807, 2.05) is 12.1 Å². The van der Waals surface area contributed by atoms with Gasteiger partial charge in [0.25, 0.3) is 5.91 Å². The molecule has 1 aromatic heterocycles. The van der Waals surface area contributed by atoms with E-state index in [0.717, 1.165) is 29.1 Å². The summed E-state index contributed by atoms with van der Waals surface area (Å²) in [6.45, 7) is 5.53. The van der Waals surface area contributed by atoms with Gasteiger partial charge < -0.3 is 10.6 Å². The molecule has 2 N–H and O–H groups in total. The molecular formula is C17H24N2OS. The number of rotatable bonds is 4. The van der Waals surface area contributed by atoms with Gasteiger partial charge in [0, 0.05) is 12.6 Å². The van der Waals surface area contributed by atoms with Crippen LogP contribution in [0.15, 0.2) is 12.1 Å². The predicted octanol–water partition coefficient (Wildman–Crippen LogP) is 3.10. The van der Waals surface area contributed by atoms with Crippen molar-refractivity contribution in [2.45, 2.75) is 45.6 Å². The Labute approximate surface area is 131 Å². The standard InChI is InChI=1S/C17H24N2OS/c1-13(2)12-19(14-6-3-4-7-14)17(20)16-10-9-15(21-16)8-5-11-18/h9-10,13-14H,3-4,6-7,11-12,18H2,1-2H3. The van der Waals surface area contributed by atoms with E-state index in [-0.39, 0.29) is 5.91 Å². The second-order valence-electron chi connectivity index (χ2n) is 5.96. The topological polar surface area (TPSA) is 46.3 Å². The first-order valence-electron chi connectivity index (χ1n) is 7.71. The summed E-state index contributed by atoms with van der Waals surface area (Å²) in [5.74, 6) is 6.50. The van der Waals surface area contributed by atoms with Crippen LogP contribution in [-0.2, 0) is 0 Å². The van der Waals surface area contributed by atoms with Gasteiger partial charge in [0.2, 0.25) is 0 Å². The average Bonchev–Trinajstić information content (AvgIpc) is 3.12. The van der Waals surface area contributed by atoms with Gasteiger partial charge in [-0.15, -0.1) is 11.3 Å². The van der Waals surface area contributed by atoms with Crippen molar-refractivity contribution in [3.63, 3.8) is 0 Å². The molecule has 1 aliphatic rings. The van der Waals surface area contributed by atoms with E-state index in [4.69, 9.17) is 5.73 Å². The van der Waals surface area contributed by atoms with Gasteiger partial charge in [0.15, 0.2) is 0 Å². The van der Waals surface area contributed by atoms with Crippen LogP contribution in [0.2, 0.25) is 0 Å². The first-order valence-corrected chi connectivity index (χ1v) is 8.53. The van der Waals surface area contributed by atoms with Crippen molar-refractivity contribution >= 4 is 17.2 Å². The fourth-order valence-electron chi connectivity index (χ4n) is 2.81. The van der Waals surface area contributed by atoms with Gasteiger partial charge in [-0.25, -0.2) is 0 Å². The van der Waals surface area contributed by atoms with Gasteiger partial charge in [-0.3, -0.25) is 4.79 Å². The minimum atomic E-state index is 0.168. The molecule has 1 aliphatic carbocycles. The summed E-state index contributed by atoms with van der Waals surface area (Å²) in [6, 6.07) is 4.24. The monoisotopic (exact) mass is 304 g/mol. The first kappa shape index (κ1) is 16.1. The third-order valence-corrected chi connectivity index (χ3v) is 4.71. The van der Waals surface area contributed by atoms with Crippen molar-refractivity contribution in [1.82, 2.24) is 4.90 Å². The Morgan fingerprint density at radius 1 is 1.43 bits per heavy atom. The first-order chi connectivity index (χ1) is 10.1. The molecule has 0 spiro atoms. The SMILES string of the molecule is CC(C)CN(C(=O)c1ccc(C#CCN)s1)C1CCCC1. The van der Waals surface area contributed by atoms with E-state index in [2.05, 4.69) is 30.6 Å². The van der Waals surface area contributed by atoms with Crippen LogP contribution >= 0.6 is 11.3 Å². The second-order valence-corrected chi connectivity index (χ2v) is 7.04. The molecule has 0 saturated heterocycles. The quantitative estimate of drug-likeness (QED) is 0.869. The van der Waals surface area contributed by atoms with Crippen molar-refractivity contribution in [2.75, 3.05) is 13.1 Å². The maximum Gasteiger partial charge on any atom is 0.264 e. The van der Waals surface area contributed by atoms with Crippen LogP contribution in [0.4, 0.5) is 0 Å². The third-order valence-electron chi connectivity index (χ3n) is 3.72. The van der Waals surface area contributed by atoms with E-state index in [1.54, 1.807) is 0 Å². The minimum Gasteiger partial charge on any atom is -0.335 e. The highest BCUT2D eigenvalue weighted by Crippen LogP contribution is 2.27. The molecule has 21 heavy (non-hydrogen) atoms. The summed E-state index contributed by atoms with van der Waals surface area (Å²) < 4.78 is 0. The molecule has 0 unspecified atom stereocenters. The number of carbonyl (C=O) groups is 1. The number of nitrogens with two attached hydrogens (primary N) is 1. The number of hydrogen-bond donors (Lipinski definition) is 1. The van der Waals surface area contributed by atoms with Crippen molar-refractivity contribution in [3.8, 4) is 11.8 Å². The van der Waals surface area contributed by atoms with Crippen LogP contribution in [0.25, 0.3) is 0 Å². The zero-order valence-electron chi connectivity index (χ0n) is 12.9. The molecule has 1 amide bonds. The highest BCUT2D eigenvalue weighted by molar-refractivity contribution is 7.14. The number of nitrogens with zero attached hydrogens (tertiary/aromatic N) is 1. The molecule has 0 aromatic carbocycles. The Hall–Kier alpha value is -1.31. The number of thiophene rings is 1. The lowest BCUT2D eigenvalue weighted by Crippen LogP contribution is -2.40. The van der Waals surface area contributed by atoms with Crippen LogP contribution in [0.5, 0.6) is 0 Å². The van der Waals surface area contributed by atoms with Gasteiger partial charge in [-0.1, -0.05) is 38.5 Å². The molecule has 0 bridgehead atoms. The molecule has 0 aliphatic heterocycles. The summed E-state index contributed by atoms with van der Waals surface area (Å²) >= 11 is 1.47. The van der Waals surface area contributed by atoms with Crippen LogP contribution in [0.3, 0.4) is 0 Å². The molecule has 1 fully saturated rings. The zero-order valence-corrected chi connectivity index (χ0v) is 13.7. The molecule has 114 valence electrons. The number of hydrogen-bond acceptors (Lipinski definition) is 3. The Balaban J connectivity index is 2.14. The van der Waals surface area contributed by atoms with E-state index in [1.165, 1.54) is 24.2 Å². The summed E-state index contributed by atoms with van der Waals surface area (Å²) in [7, 11) is 0. The van der Waals surface area contributed by atoms with Crippen LogP contribution in [0.1, 0.15) is 54.1 Å². The number of carbonyl (C=O) groups excluding carboxylic acids is 1. The maximum atomic E-state index is 12.8. The number of amides is 1. The van der Waals surface area contributed by atoms with E-state index < -0.39 is 0 Å². The Kier molecular flexibility index (Phi) is 5.84. The van der Waals surface area contributed by atoms with Crippen molar-refractivity contribution in [3.05, 3.63) is 21.9 Å². The van der Waals surface area contributed by atoms with Crippen molar-refractivity contribution in [1.29, 1.82) is 0 Å². The molecule has 2 rings (SSSR count). The fraction of sp³-hybridized carbons (Fsp3) is 0.588. The molecule has 0 atom stereocenters. The lowest BCUT2D eigenvalue weighted by atomic mass is 10.1. The summed E-state index contributed by atoms with van der Waals surface area (Å²) in [4.78, 5) is 16.6. The molecule has 4 heteroatoms. The van der Waals surface area contributed by atoms with Gasteiger partial charge in [0.05, 0.1) is 16.3 Å². The van der Waals surface area contributed by atoms with Crippen molar-refractivity contribution in [2.24, 2.45) is 11.7 Å². The molecule has 1 aromatic rings. The summed E-state index contributed by atoms with van der Waals surface area (Å²) in [5.41, 5.74) is 5.38. The van der Waals surface area contributed by atoms with E-state index in [0.29, 0.717) is 18.5 Å². The van der Waals surface area contributed by atoms with Gasteiger partial charge in [0.1, 0.15) is 0 Å². The van der Waals surface area contributed by atoms with E-state index >= 15 is 0 Å². The lowest BCUT2D eigenvalue weighted by Gasteiger charge is -2.30. The molecule has 1 saturated carbocycles. The highest BCUT2D eigenvalue weighted by Gasteiger charge is 2.28. The lowest BCUT2D eigenvalue weighted by molar-refractivity contribution is 0.0660. The zero-order chi connectivity index (χ0) is 15.2. The normalized spacial score (nSPS) is 15.0. The Morgan fingerprint density at radius 3 is 2.76 bits per heavy atom. The predicted molar refractivity (Wildman–Crippen MR) is 88.4 cm³/mol. The molecule has 1 heterocycles. The smallest absolute Gasteiger partial charge is 0.264 e. The second kappa shape index (κ2) is 7.63. The van der Waals surface area contributed by atoms with Gasteiger partial charge in [-0.05, 0) is 30.9 Å². The molecule has 3 nitrogen and oxygen atoms in total. The minimum absolute atomic E-state index is 0.168. The van der Waals surface area contributed by atoms with Crippen LogP contribution < -0.4 is 5.73 Å². The molecule has 0 radical (unpaired) electrons. The van der Waals surface area contributed by atoms with Crippen molar-refractivity contribution < 1.29 is 4.79 Å². The average molecular weight is 304 g/mol. The maximum absolute atomic E-state index is 12.8. The fourth-order valence-corrected chi connectivity index (χ4v) is 3.64. The highest BCUT2D eigenvalue weighted by atomic mass is 32.1. The van der Waals surface area contributed by atoms with Crippen LogP contribution in [-0.4, -0.2) is 29.9 Å². The van der Waals surface area contributed by atoms with Gasteiger partial charge >= 0.3 is 0 Å². The largest absolute Gasteiger partial charge is 0.335 e. The molecular weight excluding hydrogens is 280 g/mol. The summed E-state index contributed by atoms with van der Waals surface area (Å²) in [6.07, 6.45) is 4.77. The third kappa shape index (κ3) is 4.33. The summed E-state index contributed by atoms with van der Waals surface area (Å²) in [5, 5.41) is 0. The van der Waals surface area contributed by atoms with Crippen LogP contribution in [0, 0.1) is 17.8 Å². The van der Waals surface area contributed by atoms with E-state index in [9.17, 15) is 4.79 Å².